The van der Waals surface area contributed by atoms with E-state index in [0.717, 1.165) is 11.0 Å². The van der Waals surface area contributed by atoms with E-state index in [-0.39, 0.29) is 11.8 Å². The molecule has 1 aromatic heterocycles. The number of hydrogen-bond acceptors (Lipinski definition) is 2. The fourth-order valence-corrected chi connectivity index (χ4v) is 1.54. The fraction of sp³-hybridized carbons (Fsp3) is 0.273. The quantitative estimate of drug-likeness (QED) is 0.813. The van der Waals surface area contributed by atoms with Gasteiger partial charge in [0, 0.05) is 6.54 Å². The number of primary amides is 1. The number of imidazole rings is 1. The maximum Gasteiger partial charge on any atom is 0.222 e. The molecule has 1 amide bonds. The van der Waals surface area contributed by atoms with Crippen LogP contribution in [0.3, 0.4) is 0 Å². The van der Waals surface area contributed by atoms with Crippen LogP contribution in [0.5, 0.6) is 0 Å². The topological polar surface area (TPSA) is 60.9 Å². The summed E-state index contributed by atoms with van der Waals surface area (Å²) in [5, 5.41) is 0. The van der Waals surface area contributed by atoms with Crippen LogP contribution >= 0.6 is 0 Å². The second-order valence-corrected chi connectivity index (χ2v) is 3.69. The minimum atomic E-state index is -0.284. The monoisotopic (exact) mass is 203 g/mol. The zero-order valence-corrected chi connectivity index (χ0v) is 8.55. The van der Waals surface area contributed by atoms with Crippen LogP contribution in [-0.4, -0.2) is 15.5 Å². The Morgan fingerprint density at radius 1 is 1.53 bits per heavy atom. The van der Waals surface area contributed by atoms with Crippen LogP contribution in [-0.2, 0) is 11.3 Å². The lowest BCUT2D eigenvalue weighted by Crippen LogP contribution is -2.24. The molecule has 0 aliphatic carbocycles. The zero-order chi connectivity index (χ0) is 10.8. The van der Waals surface area contributed by atoms with Crippen LogP contribution in [0.25, 0.3) is 11.0 Å². The smallest absolute Gasteiger partial charge is 0.222 e. The van der Waals surface area contributed by atoms with E-state index in [0.29, 0.717) is 6.54 Å². The molecular weight excluding hydrogens is 190 g/mol. The number of carbonyl (C=O) groups is 1. The lowest BCUT2D eigenvalue weighted by molar-refractivity contribution is -0.121. The molecule has 1 atom stereocenters. The van der Waals surface area contributed by atoms with Crippen LogP contribution < -0.4 is 5.73 Å². The van der Waals surface area contributed by atoms with Gasteiger partial charge in [-0.3, -0.25) is 4.79 Å². The summed E-state index contributed by atoms with van der Waals surface area (Å²) in [6, 6.07) is 7.82. The molecule has 0 bridgehead atoms. The van der Waals surface area contributed by atoms with E-state index in [9.17, 15) is 4.79 Å². The summed E-state index contributed by atoms with van der Waals surface area (Å²) in [6.45, 7) is 2.40. The van der Waals surface area contributed by atoms with Gasteiger partial charge in [0.15, 0.2) is 0 Å². The molecular formula is C11H13N3O. The lowest BCUT2D eigenvalue weighted by atomic mass is 10.1. The number of aromatic nitrogens is 2. The predicted octanol–water partition coefficient (Wildman–Crippen LogP) is 1.16. The average Bonchev–Trinajstić information content (AvgIpc) is 2.62. The molecule has 2 aromatic rings. The molecule has 78 valence electrons. The minimum Gasteiger partial charge on any atom is -0.369 e. The van der Waals surface area contributed by atoms with Crippen LogP contribution in [0, 0.1) is 5.92 Å². The second-order valence-electron chi connectivity index (χ2n) is 3.69. The summed E-state index contributed by atoms with van der Waals surface area (Å²) < 4.78 is 1.95. The maximum atomic E-state index is 11.0. The summed E-state index contributed by atoms with van der Waals surface area (Å²) in [7, 11) is 0. The van der Waals surface area contributed by atoms with Crippen LogP contribution in [0.1, 0.15) is 6.92 Å². The van der Waals surface area contributed by atoms with E-state index in [1.165, 1.54) is 0 Å². The van der Waals surface area contributed by atoms with Crippen molar-refractivity contribution in [2.75, 3.05) is 0 Å². The van der Waals surface area contributed by atoms with Crippen LogP contribution in [0.15, 0.2) is 30.6 Å². The number of nitrogens with zero attached hydrogens (tertiary/aromatic N) is 2. The fourth-order valence-electron chi connectivity index (χ4n) is 1.54. The Balaban J connectivity index is 2.32. The first-order valence-corrected chi connectivity index (χ1v) is 4.87. The molecule has 15 heavy (non-hydrogen) atoms. The van der Waals surface area contributed by atoms with Crippen molar-refractivity contribution in [3.8, 4) is 0 Å². The summed E-state index contributed by atoms with van der Waals surface area (Å²) in [5.74, 6) is -0.463. The molecule has 1 heterocycles. The van der Waals surface area contributed by atoms with Gasteiger partial charge in [0.1, 0.15) is 0 Å². The molecule has 2 rings (SSSR count). The number of para-hydroxylation sites is 2. The average molecular weight is 203 g/mol. The SMILES string of the molecule is CC(Cn1cnc2ccccc21)C(N)=O. The minimum absolute atomic E-state index is 0.178. The Morgan fingerprint density at radius 2 is 2.27 bits per heavy atom. The molecule has 4 heteroatoms. The third-order valence-corrected chi connectivity index (χ3v) is 2.48. The second kappa shape index (κ2) is 3.73. The van der Waals surface area contributed by atoms with Gasteiger partial charge in [-0.1, -0.05) is 19.1 Å². The first-order chi connectivity index (χ1) is 7.18. The van der Waals surface area contributed by atoms with E-state index in [1.54, 1.807) is 6.33 Å². The highest BCUT2D eigenvalue weighted by molar-refractivity contribution is 5.77. The van der Waals surface area contributed by atoms with Crippen molar-refractivity contribution in [1.29, 1.82) is 0 Å². The first kappa shape index (κ1) is 9.71. The Morgan fingerprint density at radius 3 is 3.00 bits per heavy atom. The van der Waals surface area contributed by atoms with E-state index in [4.69, 9.17) is 5.73 Å². The van der Waals surface area contributed by atoms with Gasteiger partial charge >= 0.3 is 0 Å². The number of amides is 1. The van der Waals surface area contributed by atoms with E-state index >= 15 is 0 Å². The van der Waals surface area contributed by atoms with Crippen molar-refractivity contribution < 1.29 is 4.79 Å². The van der Waals surface area contributed by atoms with Gasteiger partial charge in [0.05, 0.1) is 23.3 Å². The van der Waals surface area contributed by atoms with Gasteiger partial charge in [0.25, 0.3) is 0 Å². The molecule has 0 spiro atoms. The molecule has 0 saturated heterocycles. The molecule has 4 nitrogen and oxygen atoms in total. The number of fused-ring (bicyclic) bond motifs is 1. The molecule has 0 radical (unpaired) electrons. The van der Waals surface area contributed by atoms with E-state index < -0.39 is 0 Å². The zero-order valence-electron chi connectivity index (χ0n) is 8.55. The summed E-state index contributed by atoms with van der Waals surface area (Å²) in [4.78, 5) is 15.2. The highest BCUT2D eigenvalue weighted by Gasteiger charge is 2.10. The van der Waals surface area contributed by atoms with Crippen molar-refractivity contribution in [3.05, 3.63) is 30.6 Å². The summed E-state index contributed by atoms with van der Waals surface area (Å²) in [6.07, 6.45) is 1.74. The summed E-state index contributed by atoms with van der Waals surface area (Å²) in [5.41, 5.74) is 7.20. The Hall–Kier alpha value is -1.84. The van der Waals surface area contributed by atoms with Gasteiger partial charge in [-0.05, 0) is 12.1 Å². The predicted molar refractivity (Wildman–Crippen MR) is 58.1 cm³/mol. The largest absolute Gasteiger partial charge is 0.369 e. The Kier molecular flexibility index (Phi) is 2.41. The number of rotatable bonds is 3. The van der Waals surface area contributed by atoms with Gasteiger partial charge in [0.2, 0.25) is 5.91 Å². The van der Waals surface area contributed by atoms with Gasteiger partial charge in [-0.2, -0.15) is 0 Å². The van der Waals surface area contributed by atoms with Crippen molar-refractivity contribution in [2.45, 2.75) is 13.5 Å². The Bertz CT molecular complexity index is 489. The van der Waals surface area contributed by atoms with Crippen molar-refractivity contribution in [3.63, 3.8) is 0 Å². The van der Waals surface area contributed by atoms with Crippen molar-refractivity contribution in [2.24, 2.45) is 11.7 Å². The summed E-state index contributed by atoms with van der Waals surface area (Å²) >= 11 is 0. The van der Waals surface area contributed by atoms with E-state index in [2.05, 4.69) is 4.98 Å². The Labute approximate surface area is 87.7 Å². The molecule has 0 saturated carbocycles. The van der Waals surface area contributed by atoms with E-state index in [1.807, 2.05) is 35.8 Å². The van der Waals surface area contributed by atoms with Gasteiger partial charge < -0.3 is 10.3 Å². The van der Waals surface area contributed by atoms with Crippen molar-refractivity contribution >= 4 is 16.9 Å². The number of benzene rings is 1. The number of carbonyl (C=O) groups excluding carboxylic acids is 1. The molecule has 2 N–H and O–H groups in total. The number of hydrogen-bond donors (Lipinski definition) is 1. The van der Waals surface area contributed by atoms with Crippen molar-refractivity contribution in [1.82, 2.24) is 9.55 Å². The molecule has 0 aliphatic rings. The van der Waals surface area contributed by atoms with Gasteiger partial charge in [-0.15, -0.1) is 0 Å². The third-order valence-electron chi connectivity index (χ3n) is 2.48. The number of nitrogens with two attached hydrogens (primary N) is 1. The molecule has 1 aromatic carbocycles. The molecule has 0 aliphatic heterocycles. The highest BCUT2D eigenvalue weighted by atomic mass is 16.1. The standard InChI is InChI=1S/C11H13N3O/c1-8(11(12)15)6-14-7-13-9-4-2-3-5-10(9)14/h2-5,7-8H,6H2,1H3,(H2,12,15). The first-order valence-electron chi connectivity index (χ1n) is 4.87. The molecule has 1 unspecified atom stereocenters. The lowest BCUT2D eigenvalue weighted by Gasteiger charge is -2.08. The van der Waals surface area contributed by atoms with Crippen LogP contribution in [0.4, 0.5) is 0 Å². The van der Waals surface area contributed by atoms with Crippen LogP contribution in [0.2, 0.25) is 0 Å². The maximum absolute atomic E-state index is 11.0. The normalized spacial score (nSPS) is 12.9. The molecule has 0 fully saturated rings. The third kappa shape index (κ3) is 1.83. The van der Waals surface area contributed by atoms with Gasteiger partial charge in [-0.25, -0.2) is 4.98 Å². The highest BCUT2D eigenvalue weighted by Crippen LogP contribution is 2.13.